The third-order valence-electron chi connectivity index (χ3n) is 2.92. The fraction of sp³-hybridized carbons (Fsp3) is 0.286. The van der Waals surface area contributed by atoms with E-state index < -0.39 is 0 Å². The van der Waals surface area contributed by atoms with E-state index in [9.17, 15) is 10.1 Å². The molecule has 0 aliphatic carbocycles. The molecule has 5 heteroatoms. The predicted octanol–water partition coefficient (Wildman–Crippen LogP) is 3.43. The molecule has 3 nitrogen and oxygen atoms in total. The number of carbonyl (C=O) groups is 1. The zero-order chi connectivity index (χ0) is 13.8. The first kappa shape index (κ1) is 14.0. The Labute approximate surface area is 121 Å². The van der Waals surface area contributed by atoms with E-state index in [-0.39, 0.29) is 11.8 Å². The molecule has 1 atom stereocenters. The van der Waals surface area contributed by atoms with Gasteiger partial charge in [-0.3, -0.25) is 4.79 Å². The average Bonchev–Trinajstić information content (AvgIpc) is 2.39. The topological polar surface area (TPSA) is 52.9 Å². The summed E-state index contributed by atoms with van der Waals surface area (Å²) in [6, 6.07) is 9.54. The number of nitrogens with one attached hydrogen (secondary N) is 1. The van der Waals surface area contributed by atoms with Crippen molar-refractivity contribution in [2.24, 2.45) is 0 Å². The third-order valence-corrected chi connectivity index (χ3v) is 4.07. The van der Waals surface area contributed by atoms with Gasteiger partial charge in [0.1, 0.15) is 0 Å². The number of hydrogen-bond donors (Lipinski definition) is 1. The zero-order valence-electron chi connectivity index (χ0n) is 10.4. The van der Waals surface area contributed by atoms with Crippen molar-refractivity contribution in [1.29, 1.82) is 5.26 Å². The molecule has 0 saturated heterocycles. The number of thioether (sulfide) groups is 1. The van der Waals surface area contributed by atoms with Gasteiger partial charge in [0.25, 0.3) is 0 Å². The van der Waals surface area contributed by atoms with E-state index in [4.69, 9.17) is 11.6 Å². The minimum absolute atomic E-state index is 0.0464. The number of rotatable bonds is 3. The van der Waals surface area contributed by atoms with E-state index in [0.717, 1.165) is 11.3 Å². The summed E-state index contributed by atoms with van der Waals surface area (Å²) in [5.74, 6) is 0.591. The van der Waals surface area contributed by atoms with Gasteiger partial charge in [-0.2, -0.15) is 5.26 Å². The summed E-state index contributed by atoms with van der Waals surface area (Å²) in [5.41, 5.74) is 1.58. The summed E-state index contributed by atoms with van der Waals surface area (Å²) in [6.45, 7) is 1.99. The van der Waals surface area contributed by atoms with Crippen molar-refractivity contribution in [2.45, 2.75) is 19.3 Å². The smallest absolute Gasteiger partial charge is 0.225 e. The van der Waals surface area contributed by atoms with Gasteiger partial charge >= 0.3 is 0 Å². The molecule has 0 aromatic heterocycles. The molecule has 0 spiro atoms. The Bertz CT molecular complexity index is 560. The van der Waals surface area contributed by atoms with Gasteiger partial charge in [-0.1, -0.05) is 30.7 Å². The molecule has 1 aromatic rings. The third kappa shape index (κ3) is 3.12. The second-order valence-electron chi connectivity index (χ2n) is 4.14. The van der Waals surface area contributed by atoms with E-state index in [2.05, 4.69) is 11.4 Å². The number of carbonyl (C=O) groups excluding carboxylic acids is 1. The Morgan fingerprint density at radius 1 is 1.47 bits per heavy atom. The van der Waals surface area contributed by atoms with E-state index in [1.165, 1.54) is 11.8 Å². The quantitative estimate of drug-likeness (QED) is 0.928. The van der Waals surface area contributed by atoms with Crippen molar-refractivity contribution >= 4 is 29.3 Å². The number of allylic oxidation sites excluding steroid dienone is 1. The van der Waals surface area contributed by atoms with Crippen LogP contribution in [0.2, 0.25) is 5.02 Å². The van der Waals surface area contributed by atoms with Crippen LogP contribution < -0.4 is 5.32 Å². The molecule has 1 amide bonds. The maximum atomic E-state index is 11.8. The number of hydrogen-bond acceptors (Lipinski definition) is 3. The Hall–Kier alpha value is -1.44. The van der Waals surface area contributed by atoms with Crippen LogP contribution in [0.5, 0.6) is 0 Å². The van der Waals surface area contributed by atoms with Gasteiger partial charge in [0.15, 0.2) is 0 Å². The first-order valence-electron chi connectivity index (χ1n) is 5.98. The van der Waals surface area contributed by atoms with Gasteiger partial charge in [0.05, 0.1) is 16.7 Å². The molecule has 1 aliphatic heterocycles. The van der Waals surface area contributed by atoms with Crippen molar-refractivity contribution in [1.82, 2.24) is 5.32 Å². The fourth-order valence-corrected chi connectivity index (χ4v) is 3.00. The van der Waals surface area contributed by atoms with E-state index >= 15 is 0 Å². The average molecular weight is 293 g/mol. The van der Waals surface area contributed by atoms with Crippen LogP contribution >= 0.6 is 23.4 Å². The Balaban J connectivity index is 2.42. The fourth-order valence-electron chi connectivity index (χ4n) is 2.06. The lowest BCUT2D eigenvalue weighted by Gasteiger charge is -2.24. The Kier molecular flexibility index (Phi) is 4.52. The van der Waals surface area contributed by atoms with Crippen LogP contribution in [0.3, 0.4) is 0 Å². The van der Waals surface area contributed by atoms with Crippen molar-refractivity contribution in [3.8, 4) is 6.07 Å². The summed E-state index contributed by atoms with van der Waals surface area (Å²) >= 11 is 7.36. The number of nitriles is 1. The second kappa shape index (κ2) is 6.14. The largest absolute Gasteiger partial charge is 0.320 e. The SMILES string of the molecule is CCSC1=C(C#N)C(c2ccc(Cl)cc2)CC(=O)N1. The standard InChI is InChI=1S/C14H13ClN2OS/c1-2-19-14-12(8-16)11(7-13(18)17-14)9-3-5-10(15)6-4-9/h3-6,11H,2,7H2,1H3,(H,17,18). The summed E-state index contributed by atoms with van der Waals surface area (Å²) < 4.78 is 0. The lowest BCUT2D eigenvalue weighted by Crippen LogP contribution is -2.30. The maximum Gasteiger partial charge on any atom is 0.225 e. The molecular weight excluding hydrogens is 280 g/mol. The monoisotopic (exact) mass is 292 g/mol. The lowest BCUT2D eigenvalue weighted by atomic mass is 9.87. The van der Waals surface area contributed by atoms with Crippen molar-refractivity contribution in [3.63, 3.8) is 0 Å². The summed E-state index contributed by atoms with van der Waals surface area (Å²) in [7, 11) is 0. The molecule has 1 aromatic carbocycles. The van der Waals surface area contributed by atoms with Gasteiger partial charge in [0, 0.05) is 17.4 Å². The molecule has 1 aliphatic rings. The van der Waals surface area contributed by atoms with Gasteiger partial charge in [0.2, 0.25) is 5.91 Å². The minimum Gasteiger partial charge on any atom is -0.320 e. The summed E-state index contributed by atoms with van der Waals surface area (Å²) in [5, 5.41) is 13.5. The van der Waals surface area contributed by atoms with Gasteiger partial charge in [-0.15, -0.1) is 11.8 Å². The highest BCUT2D eigenvalue weighted by atomic mass is 35.5. The molecule has 2 rings (SSSR count). The molecule has 0 radical (unpaired) electrons. The number of halogens is 1. The zero-order valence-corrected chi connectivity index (χ0v) is 12.0. The first-order chi connectivity index (χ1) is 9.15. The van der Waals surface area contributed by atoms with Crippen LogP contribution in [-0.2, 0) is 4.79 Å². The van der Waals surface area contributed by atoms with E-state index in [1.807, 2.05) is 19.1 Å². The minimum atomic E-state index is -0.176. The molecule has 1 unspecified atom stereocenters. The molecule has 1 heterocycles. The van der Waals surface area contributed by atoms with Crippen LogP contribution in [0, 0.1) is 11.3 Å². The Morgan fingerprint density at radius 2 is 2.16 bits per heavy atom. The molecule has 0 bridgehead atoms. The van der Waals surface area contributed by atoms with E-state index in [0.29, 0.717) is 22.0 Å². The highest BCUT2D eigenvalue weighted by Crippen LogP contribution is 2.36. The summed E-state index contributed by atoms with van der Waals surface area (Å²) in [4.78, 5) is 11.8. The Morgan fingerprint density at radius 3 is 2.74 bits per heavy atom. The predicted molar refractivity (Wildman–Crippen MR) is 77.7 cm³/mol. The molecule has 1 N–H and O–H groups in total. The lowest BCUT2D eigenvalue weighted by molar-refractivity contribution is -0.120. The van der Waals surface area contributed by atoms with Gasteiger partial charge < -0.3 is 5.32 Å². The summed E-state index contributed by atoms with van der Waals surface area (Å²) in [6.07, 6.45) is 0.304. The van der Waals surface area contributed by atoms with Crippen molar-refractivity contribution < 1.29 is 4.79 Å². The number of benzene rings is 1. The second-order valence-corrected chi connectivity index (χ2v) is 5.85. The molecule has 19 heavy (non-hydrogen) atoms. The van der Waals surface area contributed by atoms with Crippen LogP contribution in [0.25, 0.3) is 0 Å². The molecular formula is C14H13ClN2OS. The highest BCUT2D eigenvalue weighted by Gasteiger charge is 2.29. The maximum absolute atomic E-state index is 11.8. The van der Waals surface area contributed by atoms with Gasteiger partial charge in [-0.05, 0) is 23.4 Å². The normalized spacial score (nSPS) is 19.0. The van der Waals surface area contributed by atoms with Crippen molar-refractivity contribution in [3.05, 3.63) is 45.5 Å². The van der Waals surface area contributed by atoms with Crippen LogP contribution in [0.15, 0.2) is 34.9 Å². The highest BCUT2D eigenvalue weighted by molar-refractivity contribution is 8.03. The number of nitrogens with zero attached hydrogens (tertiary/aromatic N) is 1. The van der Waals surface area contributed by atoms with Crippen LogP contribution in [-0.4, -0.2) is 11.7 Å². The molecule has 0 fully saturated rings. The van der Waals surface area contributed by atoms with Gasteiger partial charge in [-0.25, -0.2) is 0 Å². The van der Waals surface area contributed by atoms with Crippen LogP contribution in [0.1, 0.15) is 24.8 Å². The number of amides is 1. The molecule has 0 saturated carbocycles. The van der Waals surface area contributed by atoms with Crippen molar-refractivity contribution in [2.75, 3.05) is 5.75 Å². The van der Waals surface area contributed by atoms with E-state index in [1.54, 1.807) is 12.1 Å². The van der Waals surface area contributed by atoms with Crippen LogP contribution in [0.4, 0.5) is 0 Å². The molecule has 98 valence electrons. The first-order valence-corrected chi connectivity index (χ1v) is 7.34.